The molecule has 0 saturated heterocycles. The lowest BCUT2D eigenvalue weighted by Gasteiger charge is -2.20. The van der Waals surface area contributed by atoms with E-state index in [-0.39, 0.29) is 23.6 Å². The number of nitrogens with two attached hydrogens (primary N) is 2. The summed E-state index contributed by atoms with van der Waals surface area (Å²) in [7, 11) is 0. The fourth-order valence-electron chi connectivity index (χ4n) is 2.70. The van der Waals surface area contributed by atoms with Crippen molar-refractivity contribution in [2.45, 2.75) is 6.54 Å². The zero-order chi connectivity index (χ0) is 20.3. The van der Waals surface area contributed by atoms with Gasteiger partial charge in [-0.25, -0.2) is 15.8 Å². The van der Waals surface area contributed by atoms with Crippen molar-refractivity contribution in [2.24, 2.45) is 11.6 Å². The second-order valence-electron chi connectivity index (χ2n) is 5.70. The fourth-order valence-corrected chi connectivity index (χ4v) is 3.14. The van der Waals surface area contributed by atoms with Crippen molar-refractivity contribution in [3.8, 4) is 5.82 Å². The molecule has 5 N–H and O–H groups in total. The van der Waals surface area contributed by atoms with Gasteiger partial charge in [0.15, 0.2) is 5.82 Å². The number of nitrogens with zero attached hydrogens (tertiary/aromatic N) is 3. The van der Waals surface area contributed by atoms with Gasteiger partial charge in [0.1, 0.15) is 5.69 Å². The van der Waals surface area contributed by atoms with Crippen LogP contribution in [0.1, 0.15) is 16.1 Å². The van der Waals surface area contributed by atoms with Crippen LogP contribution < -0.4 is 21.9 Å². The largest absolute Gasteiger partial charge is 0.326 e. The Hall–Kier alpha value is -2.91. The van der Waals surface area contributed by atoms with E-state index in [1.807, 2.05) is 0 Å². The van der Waals surface area contributed by atoms with Crippen molar-refractivity contribution in [1.29, 1.82) is 0 Å². The number of benzene rings is 1. The molecule has 3 aromatic rings. The lowest BCUT2D eigenvalue weighted by Crippen LogP contribution is -2.31. The van der Waals surface area contributed by atoms with Gasteiger partial charge in [0.2, 0.25) is 6.41 Å². The highest BCUT2D eigenvalue weighted by Gasteiger charge is 2.20. The van der Waals surface area contributed by atoms with E-state index in [0.29, 0.717) is 27.8 Å². The molecular weight excluding hydrogens is 403 g/mol. The SMILES string of the molecule is NCc1cc(Cl)cc(N(N)C=O)c1NC(=O)c1cccn1-c1ncccc1Cl. The van der Waals surface area contributed by atoms with E-state index in [1.54, 1.807) is 47.3 Å². The first kappa shape index (κ1) is 19.8. The topological polar surface area (TPSA) is 119 Å². The first-order chi connectivity index (χ1) is 13.5. The molecule has 2 heterocycles. The number of nitrogens with one attached hydrogen (secondary N) is 1. The lowest BCUT2D eigenvalue weighted by molar-refractivity contribution is -0.107. The number of halogens is 2. The summed E-state index contributed by atoms with van der Waals surface area (Å²) in [5.41, 5.74) is 7.06. The van der Waals surface area contributed by atoms with Gasteiger partial charge in [0.05, 0.1) is 16.4 Å². The second-order valence-corrected chi connectivity index (χ2v) is 6.55. The predicted molar refractivity (Wildman–Crippen MR) is 109 cm³/mol. The maximum Gasteiger partial charge on any atom is 0.272 e. The zero-order valence-electron chi connectivity index (χ0n) is 14.5. The van der Waals surface area contributed by atoms with Crippen LogP contribution in [-0.4, -0.2) is 21.9 Å². The van der Waals surface area contributed by atoms with Crippen LogP contribution in [0, 0.1) is 0 Å². The summed E-state index contributed by atoms with van der Waals surface area (Å²) in [5, 5.41) is 4.28. The molecule has 0 spiro atoms. The molecule has 0 unspecified atom stereocenters. The number of carbonyl (C=O) groups excluding carboxylic acids is 2. The molecular formula is C18H16Cl2N6O2. The molecule has 8 nitrogen and oxygen atoms in total. The van der Waals surface area contributed by atoms with Crippen molar-refractivity contribution >= 4 is 46.9 Å². The van der Waals surface area contributed by atoms with Gasteiger partial charge in [-0.05, 0) is 42.0 Å². The number of hydrogen-bond acceptors (Lipinski definition) is 5. The minimum Gasteiger partial charge on any atom is -0.326 e. The summed E-state index contributed by atoms with van der Waals surface area (Å²) in [6.07, 6.45) is 3.64. The fraction of sp³-hybridized carbons (Fsp3) is 0.0556. The maximum atomic E-state index is 13.0. The van der Waals surface area contributed by atoms with Crippen molar-refractivity contribution < 1.29 is 9.59 Å². The summed E-state index contributed by atoms with van der Waals surface area (Å²) < 4.78 is 1.55. The van der Waals surface area contributed by atoms with Crippen LogP contribution in [0.3, 0.4) is 0 Å². The Morgan fingerprint density at radius 2 is 2.07 bits per heavy atom. The second kappa shape index (κ2) is 8.41. The van der Waals surface area contributed by atoms with Crippen molar-refractivity contribution in [3.63, 3.8) is 0 Å². The zero-order valence-corrected chi connectivity index (χ0v) is 16.0. The Labute approximate surface area is 170 Å². The number of hydrazine groups is 1. The van der Waals surface area contributed by atoms with Crippen LogP contribution in [0.25, 0.3) is 5.82 Å². The first-order valence-electron chi connectivity index (χ1n) is 8.07. The molecule has 1 aromatic carbocycles. The number of aromatic nitrogens is 2. The van der Waals surface area contributed by atoms with Crippen molar-refractivity contribution in [3.05, 3.63) is 70.1 Å². The van der Waals surface area contributed by atoms with E-state index in [4.69, 9.17) is 34.8 Å². The summed E-state index contributed by atoms with van der Waals surface area (Å²) in [5.74, 6) is 5.64. The minimum absolute atomic E-state index is 0.0724. The molecule has 0 bridgehead atoms. The van der Waals surface area contributed by atoms with Crippen LogP contribution in [-0.2, 0) is 11.3 Å². The molecule has 2 aromatic heterocycles. The van der Waals surface area contributed by atoms with Crippen LogP contribution in [0.2, 0.25) is 10.0 Å². The molecule has 0 radical (unpaired) electrons. The predicted octanol–water partition coefficient (Wildman–Crippen LogP) is 2.73. The summed E-state index contributed by atoms with van der Waals surface area (Å²) in [4.78, 5) is 28.3. The van der Waals surface area contributed by atoms with Crippen LogP contribution in [0.5, 0.6) is 0 Å². The third kappa shape index (κ3) is 3.85. The van der Waals surface area contributed by atoms with Crippen LogP contribution in [0.4, 0.5) is 11.4 Å². The van der Waals surface area contributed by atoms with Gasteiger partial charge in [0, 0.05) is 24.0 Å². The summed E-state index contributed by atoms with van der Waals surface area (Å²) in [6.45, 7) is 0.0724. The van der Waals surface area contributed by atoms with Crippen molar-refractivity contribution in [1.82, 2.24) is 9.55 Å². The Morgan fingerprint density at radius 3 is 2.75 bits per heavy atom. The molecule has 10 heteroatoms. The lowest BCUT2D eigenvalue weighted by atomic mass is 10.1. The Kier molecular flexibility index (Phi) is 5.96. The number of pyridine rings is 1. The number of hydrogen-bond donors (Lipinski definition) is 3. The molecule has 3 rings (SSSR count). The average molecular weight is 419 g/mol. The average Bonchev–Trinajstić information content (AvgIpc) is 3.18. The van der Waals surface area contributed by atoms with E-state index in [1.165, 1.54) is 6.07 Å². The van der Waals surface area contributed by atoms with Crippen LogP contribution >= 0.6 is 23.2 Å². The van der Waals surface area contributed by atoms with Gasteiger partial charge in [0.25, 0.3) is 5.91 Å². The highest BCUT2D eigenvalue weighted by Crippen LogP contribution is 2.32. The first-order valence-corrected chi connectivity index (χ1v) is 8.83. The van der Waals surface area contributed by atoms with Crippen molar-refractivity contribution in [2.75, 3.05) is 10.3 Å². The van der Waals surface area contributed by atoms with Crippen LogP contribution in [0.15, 0.2) is 48.8 Å². The maximum absolute atomic E-state index is 13.0. The third-order valence-electron chi connectivity index (χ3n) is 3.96. The Balaban J connectivity index is 2.03. The quantitative estimate of drug-likeness (QED) is 0.246. The highest BCUT2D eigenvalue weighted by atomic mass is 35.5. The number of rotatable bonds is 6. The van der Waals surface area contributed by atoms with E-state index in [2.05, 4.69) is 10.3 Å². The van der Waals surface area contributed by atoms with Gasteiger partial charge in [-0.3, -0.25) is 14.2 Å². The molecule has 0 aliphatic heterocycles. The highest BCUT2D eigenvalue weighted by molar-refractivity contribution is 6.32. The van der Waals surface area contributed by atoms with E-state index >= 15 is 0 Å². The standard InChI is InChI=1S/C18H16Cl2N6O2/c19-12-7-11(9-21)16(15(8-12)26(22)10-27)24-18(28)14-4-2-6-25(14)17-13(20)3-1-5-23-17/h1-8,10H,9,21-22H2,(H,24,28). The smallest absolute Gasteiger partial charge is 0.272 e. The monoisotopic (exact) mass is 418 g/mol. The Bertz CT molecular complexity index is 1040. The summed E-state index contributed by atoms with van der Waals surface area (Å²) in [6, 6.07) is 9.71. The van der Waals surface area contributed by atoms with E-state index in [0.717, 1.165) is 5.01 Å². The van der Waals surface area contributed by atoms with Gasteiger partial charge in [-0.2, -0.15) is 0 Å². The molecule has 0 saturated carbocycles. The van der Waals surface area contributed by atoms with Gasteiger partial charge >= 0.3 is 0 Å². The number of anilines is 2. The summed E-state index contributed by atoms with van der Waals surface area (Å²) >= 11 is 12.3. The molecule has 144 valence electrons. The van der Waals surface area contributed by atoms with E-state index < -0.39 is 5.91 Å². The molecule has 0 atom stereocenters. The normalized spacial score (nSPS) is 10.6. The number of amides is 2. The van der Waals surface area contributed by atoms with Gasteiger partial charge in [-0.15, -0.1) is 0 Å². The molecule has 0 aliphatic rings. The molecule has 0 fully saturated rings. The third-order valence-corrected chi connectivity index (χ3v) is 4.48. The van der Waals surface area contributed by atoms with Gasteiger partial charge in [-0.1, -0.05) is 23.2 Å². The van der Waals surface area contributed by atoms with E-state index in [9.17, 15) is 9.59 Å². The molecule has 0 aliphatic carbocycles. The number of carbonyl (C=O) groups is 2. The molecule has 28 heavy (non-hydrogen) atoms. The Morgan fingerprint density at radius 1 is 1.29 bits per heavy atom. The minimum atomic E-state index is -0.468. The molecule has 2 amide bonds. The van der Waals surface area contributed by atoms with Gasteiger partial charge < -0.3 is 11.1 Å².